The first kappa shape index (κ1) is 7.54. The lowest BCUT2D eigenvalue weighted by Gasteiger charge is -2.35. The Hall–Kier alpha value is -0.570. The lowest BCUT2D eigenvalue weighted by Crippen LogP contribution is -2.49. The molecule has 0 aliphatic carbocycles. The Morgan fingerprint density at radius 1 is 1.50 bits per heavy atom. The summed E-state index contributed by atoms with van der Waals surface area (Å²) in [5.74, 6) is 0. The van der Waals surface area contributed by atoms with Crippen molar-refractivity contribution >= 4 is 6.41 Å². The average molecular weight is 142 g/mol. The summed E-state index contributed by atoms with van der Waals surface area (Å²) in [4.78, 5) is 14.4. The van der Waals surface area contributed by atoms with Crippen molar-refractivity contribution in [1.29, 1.82) is 0 Å². The van der Waals surface area contributed by atoms with Crippen LogP contribution >= 0.6 is 0 Å². The van der Waals surface area contributed by atoms with Crippen molar-refractivity contribution in [2.24, 2.45) is 0 Å². The first-order valence-corrected chi connectivity index (χ1v) is 3.63. The number of nitrogens with zero attached hydrogens (tertiary/aromatic N) is 2. The van der Waals surface area contributed by atoms with Gasteiger partial charge < -0.3 is 9.80 Å². The van der Waals surface area contributed by atoms with Crippen molar-refractivity contribution in [1.82, 2.24) is 9.80 Å². The molecule has 1 saturated heterocycles. The maximum Gasteiger partial charge on any atom is 0.209 e. The molecule has 3 heteroatoms. The Morgan fingerprint density at radius 3 is 2.70 bits per heavy atom. The highest BCUT2D eigenvalue weighted by Gasteiger charge is 2.18. The van der Waals surface area contributed by atoms with Crippen LogP contribution in [0.2, 0.25) is 0 Å². The van der Waals surface area contributed by atoms with Gasteiger partial charge in [0, 0.05) is 25.7 Å². The predicted molar refractivity (Wildman–Crippen MR) is 39.7 cm³/mol. The molecular formula is C7H14N2O. The van der Waals surface area contributed by atoms with Gasteiger partial charge in [-0.1, -0.05) is 0 Å². The highest BCUT2D eigenvalue weighted by atomic mass is 16.1. The van der Waals surface area contributed by atoms with Crippen LogP contribution in [0.1, 0.15) is 6.92 Å². The van der Waals surface area contributed by atoms with Crippen LogP contribution in [0.25, 0.3) is 0 Å². The zero-order valence-corrected chi connectivity index (χ0v) is 6.58. The minimum atomic E-state index is 0.513. The van der Waals surface area contributed by atoms with E-state index in [2.05, 4.69) is 18.9 Å². The molecular weight excluding hydrogens is 128 g/mol. The van der Waals surface area contributed by atoms with Gasteiger partial charge in [0.05, 0.1) is 0 Å². The molecule has 1 aliphatic heterocycles. The summed E-state index contributed by atoms with van der Waals surface area (Å²) in [6, 6.07) is 0.513. The molecule has 0 bridgehead atoms. The third-order valence-corrected chi connectivity index (χ3v) is 2.14. The average Bonchev–Trinajstić information content (AvgIpc) is 1.95. The number of piperazine rings is 1. The molecule has 0 aromatic rings. The third kappa shape index (κ3) is 1.48. The Balaban J connectivity index is 2.40. The second-order valence-electron chi connectivity index (χ2n) is 2.93. The van der Waals surface area contributed by atoms with E-state index in [9.17, 15) is 4.79 Å². The summed E-state index contributed by atoms with van der Waals surface area (Å²) < 4.78 is 0. The van der Waals surface area contributed by atoms with Crippen molar-refractivity contribution in [3.63, 3.8) is 0 Å². The van der Waals surface area contributed by atoms with E-state index in [-0.39, 0.29) is 0 Å². The summed E-state index contributed by atoms with van der Waals surface area (Å²) >= 11 is 0. The van der Waals surface area contributed by atoms with E-state index in [4.69, 9.17) is 0 Å². The van der Waals surface area contributed by atoms with Crippen LogP contribution < -0.4 is 0 Å². The molecule has 1 atom stereocenters. The molecule has 0 radical (unpaired) electrons. The number of rotatable bonds is 1. The number of hydrogen-bond acceptors (Lipinski definition) is 2. The van der Waals surface area contributed by atoms with Crippen LogP contribution in [0.15, 0.2) is 0 Å². The van der Waals surface area contributed by atoms with E-state index in [0.29, 0.717) is 6.04 Å². The van der Waals surface area contributed by atoms with E-state index in [1.54, 1.807) is 0 Å². The Bertz CT molecular complexity index is 127. The number of amides is 1. The molecule has 58 valence electrons. The number of hydrogen-bond donors (Lipinski definition) is 0. The maximum atomic E-state index is 10.3. The molecule has 0 saturated carbocycles. The van der Waals surface area contributed by atoms with Gasteiger partial charge >= 0.3 is 0 Å². The maximum absolute atomic E-state index is 10.3. The van der Waals surface area contributed by atoms with E-state index in [0.717, 1.165) is 26.0 Å². The molecule has 0 N–H and O–H groups in total. The van der Waals surface area contributed by atoms with E-state index in [1.165, 1.54) is 0 Å². The van der Waals surface area contributed by atoms with Gasteiger partial charge in [0.15, 0.2) is 0 Å². The van der Waals surface area contributed by atoms with Crippen LogP contribution in [-0.4, -0.2) is 48.9 Å². The van der Waals surface area contributed by atoms with Crippen molar-refractivity contribution in [2.45, 2.75) is 13.0 Å². The quantitative estimate of drug-likeness (QED) is 0.472. The zero-order valence-electron chi connectivity index (χ0n) is 6.58. The smallest absolute Gasteiger partial charge is 0.209 e. The molecule has 10 heavy (non-hydrogen) atoms. The highest BCUT2D eigenvalue weighted by molar-refractivity contribution is 5.47. The van der Waals surface area contributed by atoms with Gasteiger partial charge in [-0.15, -0.1) is 0 Å². The standard InChI is InChI=1S/C7H14N2O/c1-7-5-9(6-10)4-3-8(7)2/h6-7H,3-5H2,1-2H3/t7-/m0/s1. The van der Waals surface area contributed by atoms with Gasteiger partial charge in [0.25, 0.3) is 0 Å². The van der Waals surface area contributed by atoms with Gasteiger partial charge in [-0.05, 0) is 14.0 Å². The topological polar surface area (TPSA) is 23.6 Å². The highest BCUT2D eigenvalue weighted by Crippen LogP contribution is 2.03. The molecule has 1 amide bonds. The SMILES string of the molecule is C[C@H]1CN(C=O)CCN1C. The second-order valence-corrected chi connectivity index (χ2v) is 2.93. The lowest BCUT2D eigenvalue weighted by atomic mass is 10.2. The van der Waals surface area contributed by atoms with E-state index in [1.807, 2.05) is 4.90 Å². The second kappa shape index (κ2) is 3.01. The van der Waals surface area contributed by atoms with Gasteiger partial charge in [-0.3, -0.25) is 4.79 Å². The first-order valence-electron chi connectivity index (χ1n) is 3.63. The minimum absolute atomic E-state index is 0.513. The van der Waals surface area contributed by atoms with Crippen molar-refractivity contribution < 1.29 is 4.79 Å². The summed E-state index contributed by atoms with van der Waals surface area (Å²) in [6.07, 6.45) is 0.934. The van der Waals surface area contributed by atoms with E-state index < -0.39 is 0 Å². The molecule has 0 aromatic carbocycles. The van der Waals surface area contributed by atoms with Gasteiger partial charge in [0.2, 0.25) is 6.41 Å². The van der Waals surface area contributed by atoms with Crippen LogP contribution in [0.5, 0.6) is 0 Å². The molecule has 1 aliphatic rings. The molecule has 1 fully saturated rings. The third-order valence-electron chi connectivity index (χ3n) is 2.14. The fourth-order valence-electron chi connectivity index (χ4n) is 1.17. The first-order chi connectivity index (χ1) is 4.74. The Kier molecular flexibility index (Phi) is 2.27. The van der Waals surface area contributed by atoms with Crippen molar-refractivity contribution in [3.8, 4) is 0 Å². The molecule has 1 rings (SSSR count). The molecule has 1 heterocycles. The van der Waals surface area contributed by atoms with Crippen LogP contribution in [0.3, 0.4) is 0 Å². The van der Waals surface area contributed by atoms with Gasteiger partial charge in [-0.25, -0.2) is 0 Å². The van der Waals surface area contributed by atoms with Gasteiger partial charge in [0.1, 0.15) is 0 Å². The van der Waals surface area contributed by atoms with Crippen molar-refractivity contribution in [2.75, 3.05) is 26.7 Å². The fraction of sp³-hybridized carbons (Fsp3) is 0.857. The molecule has 3 nitrogen and oxygen atoms in total. The summed E-state index contributed by atoms with van der Waals surface area (Å²) in [7, 11) is 2.09. The minimum Gasteiger partial charge on any atom is -0.342 e. The van der Waals surface area contributed by atoms with Crippen LogP contribution in [0.4, 0.5) is 0 Å². The monoisotopic (exact) mass is 142 g/mol. The van der Waals surface area contributed by atoms with E-state index >= 15 is 0 Å². The largest absolute Gasteiger partial charge is 0.342 e. The molecule has 0 spiro atoms. The number of likely N-dealkylation sites (N-methyl/N-ethyl adjacent to an activating group) is 1. The normalized spacial score (nSPS) is 28.6. The summed E-state index contributed by atoms with van der Waals surface area (Å²) in [6.45, 7) is 4.89. The number of carbonyl (C=O) groups excluding carboxylic acids is 1. The fourth-order valence-corrected chi connectivity index (χ4v) is 1.17. The van der Waals surface area contributed by atoms with Gasteiger partial charge in [-0.2, -0.15) is 0 Å². The van der Waals surface area contributed by atoms with Crippen LogP contribution in [-0.2, 0) is 4.79 Å². The number of carbonyl (C=O) groups is 1. The van der Waals surface area contributed by atoms with Crippen LogP contribution in [0, 0.1) is 0 Å². The lowest BCUT2D eigenvalue weighted by molar-refractivity contribution is -0.120. The molecule has 0 aromatic heterocycles. The van der Waals surface area contributed by atoms with Crippen molar-refractivity contribution in [3.05, 3.63) is 0 Å². The Labute approximate surface area is 61.6 Å². The molecule has 0 unspecified atom stereocenters. The summed E-state index contributed by atoms with van der Waals surface area (Å²) in [5, 5.41) is 0. The predicted octanol–water partition coefficient (Wildman–Crippen LogP) is -0.221. The Morgan fingerprint density at radius 2 is 2.20 bits per heavy atom. The zero-order chi connectivity index (χ0) is 7.56. The summed E-state index contributed by atoms with van der Waals surface area (Å²) in [5.41, 5.74) is 0.